The van der Waals surface area contributed by atoms with E-state index in [2.05, 4.69) is 29.4 Å². The number of nitrogens with one attached hydrogen (secondary N) is 1. The van der Waals surface area contributed by atoms with Crippen molar-refractivity contribution in [1.82, 2.24) is 15.1 Å². The first-order valence-electron chi connectivity index (χ1n) is 6.53. The maximum absolute atomic E-state index is 12.4. The Balaban J connectivity index is 2.06. The largest absolute Gasteiger partial charge is 0.369 e. The summed E-state index contributed by atoms with van der Waals surface area (Å²) in [6.07, 6.45) is 0. The van der Waals surface area contributed by atoms with Gasteiger partial charge in [0, 0.05) is 30.1 Å². The second-order valence-corrected chi connectivity index (χ2v) is 6.97. The minimum atomic E-state index is -0.0241. The molecule has 2 heterocycles. The molecule has 1 saturated heterocycles. The average molecular weight is 280 g/mol. The second kappa shape index (κ2) is 5.77. The molecular formula is C13H20N4OS. The van der Waals surface area contributed by atoms with Crippen LogP contribution in [0.2, 0.25) is 0 Å². The van der Waals surface area contributed by atoms with Gasteiger partial charge in [-0.1, -0.05) is 0 Å². The van der Waals surface area contributed by atoms with Crippen molar-refractivity contribution < 1.29 is 4.79 Å². The Morgan fingerprint density at radius 1 is 1.47 bits per heavy atom. The molecule has 2 rings (SSSR count). The van der Waals surface area contributed by atoms with Crippen LogP contribution in [0.15, 0.2) is 12.1 Å². The van der Waals surface area contributed by atoms with Crippen molar-refractivity contribution in [2.75, 3.05) is 30.7 Å². The Kier molecular flexibility index (Phi) is 4.29. The monoisotopic (exact) mass is 280 g/mol. The van der Waals surface area contributed by atoms with Crippen molar-refractivity contribution in [2.45, 2.75) is 25.5 Å². The van der Waals surface area contributed by atoms with Crippen molar-refractivity contribution in [1.29, 1.82) is 0 Å². The smallest absolute Gasteiger partial charge is 0.274 e. The molecule has 0 unspecified atom stereocenters. The van der Waals surface area contributed by atoms with E-state index in [0.29, 0.717) is 11.5 Å². The number of hydrogen-bond donors (Lipinski definition) is 1. The molecule has 19 heavy (non-hydrogen) atoms. The summed E-state index contributed by atoms with van der Waals surface area (Å²) in [4.78, 5) is 14.2. The number of aromatic nitrogens is 2. The van der Waals surface area contributed by atoms with Gasteiger partial charge in [0.05, 0.1) is 0 Å². The third-order valence-corrected chi connectivity index (χ3v) is 4.25. The number of anilines is 1. The Bertz CT molecular complexity index is 446. The molecule has 1 N–H and O–H groups in total. The standard InChI is InChI=1S/C13H20N4OS/c1-4-14-11-6-5-10(15-16-11)12(18)17-7-8-19-13(2,3)9-17/h5-6H,4,7-9H2,1-3H3,(H,14,16). The SMILES string of the molecule is CCNc1ccc(C(=O)N2CCSC(C)(C)C2)nn1. The lowest BCUT2D eigenvalue weighted by atomic mass is 10.1. The summed E-state index contributed by atoms with van der Waals surface area (Å²) in [5, 5.41) is 11.1. The molecule has 6 heteroatoms. The lowest BCUT2D eigenvalue weighted by Gasteiger charge is -2.37. The molecule has 1 aromatic rings. The van der Waals surface area contributed by atoms with Gasteiger partial charge in [0.1, 0.15) is 5.82 Å². The molecule has 104 valence electrons. The maximum Gasteiger partial charge on any atom is 0.274 e. The van der Waals surface area contributed by atoms with Crippen LogP contribution in [0.1, 0.15) is 31.3 Å². The molecule has 0 spiro atoms. The van der Waals surface area contributed by atoms with Gasteiger partial charge < -0.3 is 10.2 Å². The van der Waals surface area contributed by atoms with Gasteiger partial charge in [-0.15, -0.1) is 10.2 Å². The highest BCUT2D eigenvalue weighted by Gasteiger charge is 2.30. The van der Waals surface area contributed by atoms with Crippen LogP contribution in [0, 0.1) is 0 Å². The van der Waals surface area contributed by atoms with Gasteiger partial charge >= 0.3 is 0 Å². The Labute approximate surface area is 118 Å². The van der Waals surface area contributed by atoms with Crippen LogP contribution in [-0.2, 0) is 0 Å². The zero-order valence-corrected chi connectivity index (χ0v) is 12.5. The molecule has 0 aliphatic carbocycles. The van der Waals surface area contributed by atoms with E-state index < -0.39 is 0 Å². The topological polar surface area (TPSA) is 58.1 Å². The van der Waals surface area contributed by atoms with E-state index in [1.165, 1.54) is 0 Å². The molecule has 0 atom stereocenters. The minimum absolute atomic E-state index is 0.0241. The maximum atomic E-state index is 12.4. The van der Waals surface area contributed by atoms with Gasteiger partial charge in [-0.2, -0.15) is 11.8 Å². The van der Waals surface area contributed by atoms with Crippen LogP contribution >= 0.6 is 11.8 Å². The van der Waals surface area contributed by atoms with Gasteiger partial charge in [-0.25, -0.2) is 0 Å². The summed E-state index contributed by atoms with van der Waals surface area (Å²) in [6, 6.07) is 3.54. The highest BCUT2D eigenvalue weighted by Crippen LogP contribution is 2.29. The lowest BCUT2D eigenvalue weighted by molar-refractivity contribution is 0.0741. The van der Waals surface area contributed by atoms with E-state index in [-0.39, 0.29) is 10.7 Å². The number of nitrogens with zero attached hydrogens (tertiary/aromatic N) is 3. The fourth-order valence-corrected chi connectivity index (χ4v) is 3.18. The minimum Gasteiger partial charge on any atom is -0.369 e. The predicted octanol–water partition coefficient (Wildman–Crippen LogP) is 1.88. The first-order chi connectivity index (χ1) is 9.02. The number of thioether (sulfide) groups is 1. The first-order valence-corrected chi connectivity index (χ1v) is 7.51. The molecule has 1 aromatic heterocycles. The van der Waals surface area contributed by atoms with Crippen molar-refractivity contribution in [3.63, 3.8) is 0 Å². The molecule has 0 aromatic carbocycles. The van der Waals surface area contributed by atoms with E-state index in [1.807, 2.05) is 23.6 Å². The molecule has 0 bridgehead atoms. The van der Waals surface area contributed by atoms with Gasteiger partial charge in [0.25, 0.3) is 5.91 Å². The number of carbonyl (C=O) groups is 1. The molecule has 5 nitrogen and oxygen atoms in total. The third-order valence-electron chi connectivity index (χ3n) is 2.95. The zero-order chi connectivity index (χ0) is 13.9. The highest BCUT2D eigenvalue weighted by atomic mass is 32.2. The lowest BCUT2D eigenvalue weighted by Crippen LogP contribution is -2.46. The fourth-order valence-electron chi connectivity index (χ4n) is 2.07. The van der Waals surface area contributed by atoms with E-state index >= 15 is 0 Å². The summed E-state index contributed by atoms with van der Waals surface area (Å²) in [6.45, 7) is 8.65. The van der Waals surface area contributed by atoms with E-state index in [9.17, 15) is 4.79 Å². The third kappa shape index (κ3) is 3.59. The quantitative estimate of drug-likeness (QED) is 0.916. The fraction of sp³-hybridized carbons (Fsp3) is 0.615. The van der Waals surface area contributed by atoms with Crippen molar-refractivity contribution in [3.8, 4) is 0 Å². The normalized spacial score (nSPS) is 18.2. The molecule has 0 saturated carbocycles. The summed E-state index contributed by atoms with van der Waals surface area (Å²) < 4.78 is 0.116. The summed E-state index contributed by atoms with van der Waals surface area (Å²) in [5.41, 5.74) is 0.421. The van der Waals surface area contributed by atoms with Crippen LogP contribution in [-0.4, -0.2) is 51.1 Å². The molecule has 1 aliphatic rings. The highest BCUT2D eigenvalue weighted by molar-refractivity contribution is 8.00. The van der Waals surface area contributed by atoms with Crippen molar-refractivity contribution in [3.05, 3.63) is 17.8 Å². The number of carbonyl (C=O) groups excluding carboxylic acids is 1. The van der Waals surface area contributed by atoms with Crippen LogP contribution < -0.4 is 5.32 Å². The van der Waals surface area contributed by atoms with Crippen LogP contribution in [0.25, 0.3) is 0 Å². The Morgan fingerprint density at radius 2 is 2.26 bits per heavy atom. The zero-order valence-electron chi connectivity index (χ0n) is 11.6. The van der Waals surface area contributed by atoms with Crippen LogP contribution in [0.3, 0.4) is 0 Å². The van der Waals surface area contributed by atoms with Crippen LogP contribution in [0.5, 0.6) is 0 Å². The molecule has 1 fully saturated rings. The Morgan fingerprint density at radius 3 is 2.84 bits per heavy atom. The summed E-state index contributed by atoms with van der Waals surface area (Å²) in [5.74, 6) is 1.65. The van der Waals surface area contributed by atoms with Gasteiger partial charge in [0.15, 0.2) is 5.69 Å². The second-order valence-electron chi connectivity index (χ2n) is 5.17. The first kappa shape index (κ1) is 14.1. The number of hydrogen-bond acceptors (Lipinski definition) is 5. The molecular weight excluding hydrogens is 260 g/mol. The Hall–Kier alpha value is -1.30. The molecule has 1 aliphatic heterocycles. The van der Waals surface area contributed by atoms with Crippen molar-refractivity contribution in [2.24, 2.45) is 0 Å². The molecule has 1 amide bonds. The van der Waals surface area contributed by atoms with E-state index in [4.69, 9.17) is 0 Å². The molecule has 0 radical (unpaired) electrons. The van der Waals surface area contributed by atoms with E-state index in [0.717, 1.165) is 25.4 Å². The van der Waals surface area contributed by atoms with Gasteiger partial charge in [-0.3, -0.25) is 4.79 Å². The summed E-state index contributed by atoms with van der Waals surface area (Å²) >= 11 is 1.91. The van der Waals surface area contributed by atoms with Crippen LogP contribution in [0.4, 0.5) is 5.82 Å². The van der Waals surface area contributed by atoms with Gasteiger partial charge in [0.2, 0.25) is 0 Å². The average Bonchev–Trinajstić information content (AvgIpc) is 2.38. The van der Waals surface area contributed by atoms with Gasteiger partial charge in [-0.05, 0) is 32.9 Å². The van der Waals surface area contributed by atoms with Crippen molar-refractivity contribution >= 4 is 23.5 Å². The number of amides is 1. The predicted molar refractivity (Wildman–Crippen MR) is 78.6 cm³/mol. The number of rotatable bonds is 3. The summed E-state index contributed by atoms with van der Waals surface area (Å²) in [7, 11) is 0. The van der Waals surface area contributed by atoms with E-state index in [1.54, 1.807) is 12.1 Å².